The maximum atomic E-state index is 16.0. The van der Waals surface area contributed by atoms with E-state index in [2.05, 4.69) is 30.5 Å². The van der Waals surface area contributed by atoms with Crippen LogP contribution in [0.2, 0.25) is 0 Å². The van der Waals surface area contributed by atoms with Crippen molar-refractivity contribution in [1.29, 1.82) is 0 Å². The number of ether oxygens (including phenoxy) is 2. The van der Waals surface area contributed by atoms with Gasteiger partial charge in [-0.05, 0) is 64.8 Å². The van der Waals surface area contributed by atoms with Crippen LogP contribution in [0.1, 0.15) is 64.5 Å². The SMILES string of the molecule is CC.CCC(C)Oc1nc(-c2cc(N)c(F)c(C)c2C(F)(F)F)c(F)c2nc(OC)nc(NCCNC)c12.FC1CC2CCCN2C1. The Bertz CT molecular complexity index is 1500. The second kappa shape index (κ2) is 16.5. The number of nitrogens with zero attached hydrogens (tertiary/aromatic N) is 4. The molecular formula is C32H45F6N7O2. The highest BCUT2D eigenvalue weighted by atomic mass is 19.4. The van der Waals surface area contributed by atoms with Gasteiger partial charge in [0.15, 0.2) is 5.82 Å². The molecule has 2 saturated heterocycles. The summed E-state index contributed by atoms with van der Waals surface area (Å²) in [7, 11) is 3.00. The molecule has 0 amide bonds. The third-order valence-electron chi connectivity index (χ3n) is 7.99. The van der Waals surface area contributed by atoms with Gasteiger partial charge in [-0.25, -0.2) is 18.2 Å². The van der Waals surface area contributed by atoms with Gasteiger partial charge in [0, 0.05) is 31.2 Å². The largest absolute Gasteiger partial charge is 0.474 e. The van der Waals surface area contributed by atoms with E-state index < -0.39 is 58.2 Å². The molecule has 0 aliphatic carbocycles. The number of fused-ring (bicyclic) bond motifs is 2. The zero-order valence-corrected chi connectivity index (χ0v) is 27.9. The van der Waals surface area contributed by atoms with Crippen molar-refractivity contribution in [2.75, 3.05) is 51.4 Å². The van der Waals surface area contributed by atoms with Crippen molar-refractivity contribution >= 4 is 22.4 Å². The van der Waals surface area contributed by atoms with E-state index in [9.17, 15) is 22.0 Å². The second-order valence-corrected chi connectivity index (χ2v) is 11.2. The average molecular weight is 674 g/mol. The van der Waals surface area contributed by atoms with Crippen molar-refractivity contribution < 1.29 is 35.8 Å². The Hall–Kier alpha value is -3.59. The summed E-state index contributed by atoms with van der Waals surface area (Å²) in [4.78, 5) is 14.7. The predicted molar refractivity (Wildman–Crippen MR) is 172 cm³/mol. The lowest BCUT2D eigenvalue weighted by atomic mass is 9.96. The van der Waals surface area contributed by atoms with Crippen LogP contribution in [0.3, 0.4) is 0 Å². The first kappa shape index (κ1) is 37.9. The number of anilines is 2. The van der Waals surface area contributed by atoms with Crippen molar-refractivity contribution in [3.05, 3.63) is 28.8 Å². The second-order valence-electron chi connectivity index (χ2n) is 11.2. The molecule has 9 nitrogen and oxygen atoms in total. The zero-order chi connectivity index (χ0) is 35.1. The number of nitrogen functional groups attached to an aromatic ring is 1. The van der Waals surface area contributed by atoms with Gasteiger partial charge >= 0.3 is 12.2 Å². The van der Waals surface area contributed by atoms with Crippen molar-refractivity contribution in [2.45, 2.75) is 84.8 Å². The number of hydrogen-bond acceptors (Lipinski definition) is 9. The number of aromatic nitrogens is 3. The molecule has 1 aromatic carbocycles. The monoisotopic (exact) mass is 673 g/mol. The number of benzene rings is 1. The van der Waals surface area contributed by atoms with Crippen LogP contribution in [0, 0.1) is 18.6 Å². The van der Waals surface area contributed by atoms with Crippen LogP contribution in [-0.2, 0) is 6.18 Å². The van der Waals surface area contributed by atoms with Gasteiger partial charge in [-0.3, -0.25) is 4.90 Å². The summed E-state index contributed by atoms with van der Waals surface area (Å²) < 4.78 is 96.0. The lowest BCUT2D eigenvalue weighted by Gasteiger charge is -2.21. The maximum absolute atomic E-state index is 16.0. The van der Waals surface area contributed by atoms with Gasteiger partial charge in [-0.1, -0.05) is 20.8 Å². The van der Waals surface area contributed by atoms with E-state index >= 15 is 4.39 Å². The molecule has 15 heteroatoms. The fraction of sp³-hybridized carbons (Fsp3) is 0.594. The number of nitrogens with two attached hydrogens (primary N) is 1. The third kappa shape index (κ3) is 8.66. The first-order valence-corrected chi connectivity index (χ1v) is 15.8. The number of pyridine rings is 1. The molecule has 2 aromatic heterocycles. The third-order valence-corrected chi connectivity index (χ3v) is 7.99. The minimum Gasteiger partial charge on any atom is -0.474 e. The lowest BCUT2D eigenvalue weighted by molar-refractivity contribution is -0.137. The fourth-order valence-corrected chi connectivity index (χ4v) is 5.58. The zero-order valence-electron chi connectivity index (χ0n) is 27.9. The first-order chi connectivity index (χ1) is 22.3. The van der Waals surface area contributed by atoms with Gasteiger partial charge in [0.05, 0.1) is 24.5 Å². The van der Waals surface area contributed by atoms with E-state index in [0.717, 1.165) is 19.9 Å². The summed E-state index contributed by atoms with van der Waals surface area (Å²) in [6.45, 7) is 11.2. The number of rotatable bonds is 9. The Morgan fingerprint density at radius 3 is 2.43 bits per heavy atom. The molecule has 0 radical (unpaired) electrons. The molecule has 2 fully saturated rings. The standard InChI is InChI=1S/C23H27F5N6O2.C7H12FN.C2H6/c1-6-10(2)36-21-14-19(33-22(35-5)34-20(14)31-8-7-30-4)17(25)18(32-21)12-9-13(29)16(24)11(3)15(12)23(26,27)28;8-6-4-7-2-1-3-9(7)5-6;1-2/h9-10,30H,6-8,29H2,1-5H3,(H,31,33,34);6-7H,1-5H2;1-2H3. The number of nitrogens with one attached hydrogen (secondary N) is 2. The van der Waals surface area contributed by atoms with E-state index in [0.29, 0.717) is 38.2 Å². The molecule has 2 aliphatic rings. The normalized spacial score (nSPS) is 18.1. The Morgan fingerprint density at radius 1 is 1.13 bits per heavy atom. The molecule has 5 rings (SSSR count). The van der Waals surface area contributed by atoms with Crippen molar-refractivity contribution in [1.82, 2.24) is 25.2 Å². The summed E-state index contributed by atoms with van der Waals surface area (Å²) in [6.07, 6.45) is -2.13. The fourth-order valence-electron chi connectivity index (χ4n) is 5.58. The van der Waals surface area contributed by atoms with Crippen molar-refractivity contribution in [3.8, 4) is 23.1 Å². The van der Waals surface area contributed by atoms with Gasteiger partial charge in [-0.2, -0.15) is 23.1 Å². The summed E-state index contributed by atoms with van der Waals surface area (Å²) in [6, 6.07) is 1.09. The number of methoxy groups -OCH3 is 1. The van der Waals surface area contributed by atoms with E-state index in [1.54, 1.807) is 14.0 Å². The highest BCUT2D eigenvalue weighted by Crippen LogP contribution is 2.44. The Morgan fingerprint density at radius 2 is 1.83 bits per heavy atom. The summed E-state index contributed by atoms with van der Waals surface area (Å²) in [5.74, 6) is -2.52. The van der Waals surface area contributed by atoms with Crippen LogP contribution in [0.5, 0.6) is 11.9 Å². The van der Waals surface area contributed by atoms with Gasteiger partial charge < -0.3 is 25.8 Å². The van der Waals surface area contributed by atoms with Crippen LogP contribution in [0.25, 0.3) is 22.2 Å². The van der Waals surface area contributed by atoms with E-state index in [1.165, 1.54) is 20.0 Å². The van der Waals surface area contributed by atoms with Crippen molar-refractivity contribution in [3.63, 3.8) is 0 Å². The molecule has 262 valence electrons. The maximum Gasteiger partial charge on any atom is 0.417 e. The van der Waals surface area contributed by atoms with Crippen LogP contribution in [-0.4, -0.2) is 78.5 Å². The molecule has 2 aliphatic heterocycles. The summed E-state index contributed by atoms with van der Waals surface area (Å²) in [5.41, 5.74) is 0.989. The van der Waals surface area contributed by atoms with Crippen LogP contribution in [0.15, 0.2) is 6.07 Å². The topological polar surface area (TPSA) is 110 Å². The number of alkyl halides is 4. The molecule has 47 heavy (non-hydrogen) atoms. The van der Waals surface area contributed by atoms with E-state index in [1.807, 2.05) is 20.8 Å². The number of halogens is 6. The van der Waals surface area contributed by atoms with Crippen LogP contribution < -0.4 is 25.8 Å². The molecule has 3 unspecified atom stereocenters. The Balaban J connectivity index is 0.000000458. The minimum absolute atomic E-state index is 0.0221. The Labute approximate surface area is 271 Å². The van der Waals surface area contributed by atoms with E-state index in [-0.39, 0.29) is 28.6 Å². The molecule has 3 atom stereocenters. The molecule has 4 heterocycles. The number of hydrogen-bond donors (Lipinski definition) is 3. The lowest BCUT2D eigenvalue weighted by Crippen LogP contribution is -2.22. The average Bonchev–Trinajstić information content (AvgIpc) is 3.62. The molecule has 0 saturated carbocycles. The van der Waals surface area contributed by atoms with Gasteiger partial charge in [0.1, 0.15) is 34.4 Å². The molecule has 4 N–H and O–H groups in total. The highest BCUT2D eigenvalue weighted by Gasteiger charge is 2.39. The summed E-state index contributed by atoms with van der Waals surface area (Å²) >= 11 is 0. The smallest absolute Gasteiger partial charge is 0.417 e. The minimum atomic E-state index is -5.03. The predicted octanol–water partition coefficient (Wildman–Crippen LogP) is 6.92. The Kier molecular flexibility index (Phi) is 13.3. The van der Waals surface area contributed by atoms with Crippen molar-refractivity contribution in [2.24, 2.45) is 0 Å². The molecule has 3 aromatic rings. The summed E-state index contributed by atoms with van der Waals surface area (Å²) in [5, 5.41) is 5.98. The van der Waals surface area contributed by atoms with Gasteiger partial charge in [-0.15, -0.1) is 0 Å². The first-order valence-electron chi connectivity index (χ1n) is 15.8. The van der Waals surface area contributed by atoms with E-state index in [4.69, 9.17) is 15.2 Å². The molecular weight excluding hydrogens is 628 g/mol. The molecule has 0 bridgehead atoms. The van der Waals surface area contributed by atoms with Gasteiger partial charge in [0.2, 0.25) is 5.88 Å². The number of likely N-dealkylation sites (N-methyl/N-ethyl adjacent to an activating group) is 1. The van der Waals surface area contributed by atoms with Crippen LogP contribution >= 0.6 is 0 Å². The van der Waals surface area contributed by atoms with Gasteiger partial charge in [0.25, 0.3) is 0 Å². The molecule has 0 spiro atoms. The highest BCUT2D eigenvalue weighted by molar-refractivity contribution is 5.96. The quantitative estimate of drug-likeness (QED) is 0.127. The van der Waals surface area contributed by atoms with Crippen LogP contribution in [0.4, 0.5) is 37.8 Å².